The highest BCUT2D eigenvalue weighted by Gasteiger charge is 2.03. The Morgan fingerprint density at radius 1 is 1.11 bits per heavy atom. The molecule has 1 unspecified atom stereocenters. The summed E-state index contributed by atoms with van der Waals surface area (Å²) >= 11 is 0. The molecule has 0 fully saturated rings. The summed E-state index contributed by atoms with van der Waals surface area (Å²) in [4.78, 5) is 2.13. The first-order valence-electron chi connectivity index (χ1n) is 6.40. The molecule has 1 N–H and O–H groups in total. The zero-order valence-electron chi connectivity index (χ0n) is 11.3. The Morgan fingerprint density at radius 3 is 2.32 bits per heavy atom. The van der Waals surface area contributed by atoms with Crippen LogP contribution in [-0.2, 0) is 0 Å². The zero-order valence-corrected chi connectivity index (χ0v) is 11.3. The summed E-state index contributed by atoms with van der Waals surface area (Å²) in [5, 5.41) is 9.94. The maximum atomic E-state index is 9.94. The normalized spacial score (nSPS) is 11.5. The van der Waals surface area contributed by atoms with Gasteiger partial charge in [0.1, 0.15) is 0 Å². The van der Waals surface area contributed by atoms with Crippen LogP contribution in [0.2, 0.25) is 0 Å². The minimum atomic E-state index is -0.513. The summed E-state index contributed by atoms with van der Waals surface area (Å²) in [6.07, 6.45) is 3.65. The van der Waals surface area contributed by atoms with E-state index in [-0.39, 0.29) is 0 Å². The van der Waals surface area contributed by atoms with Gasteiger partial charge in [-0.1, -0.05) is 54.3 Å². The highest BCUT2D eigenvalue weighted by atomic mass is 16.3. The van der Waals surface area contributed by atoms with Crippen LogP contribution in [0.3, 0.4) is 0 Å². The third kappa shape index (κ3) is 6.05. The van der Waals surface area contributed by atoms with Gasteiger partial charge >= 0.3 is 0 Å². The topological polar surface area (TPSA) is 23.5 Å². The quantitative estimate of drug-likeness (QED) is 0.598. The molecule has 100 valence electrons. The zero-order chi connectivity index (χ0) is 13.9. The molecule has 0 saturated heterocycles. The standard InChI is InChI=1S/C17H21NO/c1-3-13-18(14-4-2)15-9-8-12-17(19)16-10-6-5-7-11-16/h3-7,10-11,17,19H,1-2,12-15H2. The first-order valence-corrected chi connectivity index (χ1v) is 6.40. The van der Waals surface area contributed by atoms with Crippen molar-refractivity contribution in [1.29, 1.82) is 0 Å². The number of hydrogen-bond donors (Lipinski definition) is 1. The summed E-state index contributed by atoms with van der Waals surface area (Å²) in [5.74, 6) is 6.10. The Labute approximate surface area is 116 Å². The predicted molar refractivity (Wildman–Crippen MR) is 80.6 cm³/mol. The maximum Gasteiger partial charge on any atom is 0.0899 e. The van der Waals surface area contributed by atoms with Gasteiger partial charge < -0.3 is 5.11 Å². The van der Waals surface area contributed by atoms with Gasteiger partial charge in [0.15, 0.2) is 0 Å². The van der Waals surface area contributed by atoms with Crippen LogP contribution in [0.1, 0.15) is 18.1 Å². The van der Waals surface area contributed by atoms with Crippen molar-refractivity contribution in [3.05, 3.63) is 61.2 Å². The largest absolute Gasteiger partial charge is 0.387 e. The Balaban J connectivity index is 2.41. The lowest BCUT2D eigenvalue weighted by molar-refractivity contribution is 0.184. The van der Waals surface area contributed by atoms with Gasteiger partial charge in [-0.05, 0) is 5.56 Å². The minimum absolute atomic E-state index is 0.458. The molecule has 0 aliphatic carbocycles. The average molecular weight is 255 g/mol. The molecule has 0 radical (unpaired) electrons. The average Bonchev–Trinajstić information content (AvgIpc) is 2.44. The molecular formula is C17H21NO. The fourth-order valence-electron chi connectivity index (χ4n) is 1.70. The van der Waals surface area contributed by atoms with Crippen LogP contribution in [0, 0.1) is 11.8 Å². The summed E-state index contributed by atoms with van der Waals surface area (Å²) in [6, 6.07) is 9.59. The Bertz CT molecular complexity index is 431. The third-order valence-electron chi connectivity index (χ3n) is 2.68. The Morgan fingerprint density at radius 2 is 1.74 bits per heavy atom. The molecule has 2 heteroatoms. The predicted octanol–water partition coefficient (Wildman–Crippen LogP) is 2.79. The Hall–Kier alpha value is -1.82. The molecule has 0 amide bonds. The van der Waals surface area contributed by atoms with Crippen molar-refractivity contribution in [3.8, 4) is 11.8 Å². The van der Waals surface area contributed by atoms with Crippen LogP contribution < -0.4 is 0 Å². The molecule has 1 atom stereocenters. The fraction of sp³-hybridized carbons (Fsp3) is 0.294. The van der Waals surface area contributed by atoms with Gasteiger partial charge in [0.05, 0.1) is 12.6 Å². The number of nitrogens with zero attached hydrogens (tertiary/aromatic N) is 1. The van der Waals surface area contributed by atoms with Crippen LogP contribution in [-0.4, -0.2) is 29.6 Å². The lowest BCUT2D eigenvalue weighted by atomic mass is 10.1. The van der Waals surface area contributed by atoms with E-state index in [4.69, 9.17) is 0 Å². The summed E-state index contributed by atoms with van der Waals surface area (Å²) in [7, 11) is 0. The molecule has 1 aromatic carbocycles. The minimum Gasteiger partial charge on any atom is -0.387 e. The molecule has 0 spiro atoms. The van der Waals surface area contributed by atoms with E-state index >= 15 is 0 Å². The van der Waals surface area contributed by atoms with Crippen molar-refractivity contribution in [2.45, 2.75) is 12.5 Å². The van der Waals surface area contributed by atoms with Crippen molar-refractivity contribution in [2.24, 2.45) is 0 Å². The second kappa shape index (κ2) is 9.16. The van der Waals surface area contributed by atoms with Crippen molar-refractivity contribution in [3.63, 3.8) is 0 Å². The van der Waals surface area contributed by atoms with Crippen LogP contribution in [0.25, 0.3) is 0 Å². The van der Waals surface area contributed by atoms with E-state index in [1.807, 2.05) is 42.5 Å². The van der Waals surface area contributed by atoms with E-state index in [1.54, 1.807) is 0 Å². The lowest BCUT2D eigenvalue weighted by Crippen LogP contribution is -2.24. The molecular weight excluding hydrogens is 234 g/mol. The lowest BCUT2D eigenvalue weighted by Gasteiger charge is -2.14. The third-order valence-corrected chi connectivity index (χ3v) is 2.68. The van der Waals surface area contributed by atoms with Gasteiger partial charge in [-0.25, -0.2) is 0 Å². The smallest absolute Gasteiger partial charge is 0.0899 e. The monoisotopic (exact) mass is 255 g/mol. The van der Waals surface area contributed by atoms with Crippen LogP contribution in [0.4, 0.5) is 0 Å². The van der Waals surface area contributed by atoms with E-state index in [9.17, 15) is 5.11 Å². The van der Waals surface area contributed by atoms with Crippen molar-refractivity contribution in [1.82, 2.24) is 4.90 Å². The van der Waals surface area contributed by atoms with Crippen LogP contribution >= 0.6 is 0 Å². The van der Waals surface area contributed by atoms with Crippen LogP contribution in [0.5, 0.6) is 0 Å². The molecule has 0 aromatic heterocycles. The van der Waals surface area contributed by atoms with E-state index in [2.05, 4.69) is 29.9 Å². The summed E-state index contributed by atoms with van der Waals surface area (Å²) < 4.78 is 0. The number of aliphatic hydroxyl groups is 1. The highest BCUT2D eigenvalue weighted by Crippen LogP contribution is 2.14. The van der Waals surface area contributed by atoms with E-state index < -0.39 is 6.10 Å². The van der Waals surface area contributed by atoms with Gasteiger partial charge in [0.25, 0.3) is 0 Å². The molecule has 1 rings (SSSR count). The molecule has 19 heavy (non-hydrogen) atoms. The van der Waals surface area contributed by atoms with Crippen LogP contribution in [0.15, 0.2) is 55.6 Å². The van der Waals surface area contributed by atoms with Gasteiger partial charge in [-0.2, -0.15) is 0 Å². The van der Waals surface area contributed by atoms with Crippen molar-refractivity contribution in [2.75, 3.05) is 19.6 Å². The second-order valence-corrected chi connectivity index (χ2v) is 4.26. The number of benzene rings is 1. The van der Waals surface area contributed by atoms with Crippen molar-refractivity contribution < 1.29 is 5.11 Å². The fourth-order valence-corrected chi connectivity index (χ4v) is 1.70. The first kappa shape index (κ1) is 15.2. The molecule has 0 aliphatic rings. The van der Waals surface area contributed by atoms with E-state index in [1.165, 1.54) is 0 Å². The molecule has 1 aromatic rings. The SMILES string of the molecule is C=CCN(CC#CCC(O)c1ccccc1)CC=C. The second-order valence-electron chi connectivity index (χ2n) is 4.26. The molecule has 0 heterocycles. The molecule has 0 aliphatic heterocycles. The van der Waals surface area contributed by atoms with Gasteiger partial charge in [0, 0.05) is 19.5 Å². The van der Waals surface area contributed by atoms with Gasteiger partial charge in [0.2, 0.25) is 0 Å². The summed E-state index contributed by atoms with van der Waals surface area (Å²) in [5.41, 5.74) is 0.908. The number of aliphatic hydroxyl groups excluding tert-OH is 1. The van der Waals surface area contributed by atoms with Crippen molar-refractivity contribution >= 4 is 0 Å². The molecule has 0 saturated carbocycles. The maximum absolute atomic E-state index is 9.94. The van der Waals surface area contributed by atoms with Gasteiger partial charge in [-0.15, -0.1) is 13.2 Å². The number of rotatable bonds is 7. The van der Waals surface area contributed by atoms with E-state index in [0.717, 1.165) is 18.7 Å². The first-order chi connectivity index (χ1) is 9.27. The van der Waals surface area contributed by atoms with Gasteiger partial charge in [-0.3, -0.25) is 4.90 Å². The molecule has 0 bridgehead atoms. The summed E-state index contributed by atoms with van der Waals surface area (Å²) in [6.45, 7) is 9.68. The molecule has 2 nitrogen and oxygen atoms in total. The highest BCUT2D eigenvalue weighted by molar-refractivity contribution is 5.19. The number of hydrogen-bond acceptors (Lipinski definition) is 2. The van der Waals surface area contributed by atoms with E-state index in [0.29, 0.717) is 13.0 Å². The Kier molecular flexibility index (Phi) is 7.34.